The van der Waals surface area contributed by atoms with Crippen molar-refractivity contribution in [3.05, 3.63) is 93.8 Å². The molecule has 176 valence electrons. The molecule has 3 heterocycles. The Labute approximate surface area is 201 Å². The van der Waals surface area contributed by atoms with E-state index in [1.807, 2.05) is 0 Å². The molecule has 0 aliphatic heterocycles. The van der Waals surface area contributed by atoms with E-state index < -0.39 is 5.82 Å². The summed E-state index contributed by atoms with van der Waals surface area (Å²) in [7, 11) is 0. The quantitative estimate of drug-likeness (QED) is 0.346. The summed E-state index contributed by atoms with van der Waals surface area (Å²) in [6, 6.07) is 17.3. The fourth-order valence-electron chi connectivity index (χ4n) is 4.34. The van der Waals surface area contributed by atoms with Gasteiger partial charge in [0.2, 0.25) is 0 Å². The van der Waals surface area contributed by atoms with Crippen LogP contribution in [0.3, 0.4) is 0 Å². The molecule has 0 spiro atoms. The minimum atomic E-state index is -0.535. The van der Waals surface area contributed by atoms with Crippen molar-refractivity contribution in [2.75, 3.05) is 0 Å². The Morgan fingerprint density at radius 3 is 2.72 bits per heavy atom. The maximum atomic E-state index is 15.1. The van der Waals surface area contributed by atoms with E-state index in [0.29, 0.717) is 51.2 Å². The van der Waals surface area contributed by atoms with Gasteiger partial charge in [0.1, 0.15) is 5.52 Å². The van der Waals surface area contributed by atoms with Gasteiger partial charge in [0, 0.05) is 11.8 Å². The van der Waals surface area contributed by atoms with Crippen molar-refractivity contribution in [2.24, 2.45) is 0 Å². The highest BCUT2D eigenvalue weighted by Crippen LogP contribution is 2.28. The number of nitrogens with zero attached hydrogens (tertiary/aromatic N) is 6. The predicted octanol–water partition coefficient (Wildman–Crippen LogP) is 3.00. The van der Waals surface area contributed by atoms with Gasteiger partial charge in [0.15, 0.2) is 5.82 Å². The monoisotopic (exact) mass is 480 g/mol. The highest BCUT2D eigenvalue weighted by atomic mass is 19.1. The molecule has 0 radical (unpaired) electrons. The van der Waals surface area contributed by atoms with Crippen LogP contribution >= 0.6 is 0 Å². The first-order valence-electron chi connectivity index (χ1n) is 11.0. The standard InChI is InChI=1S/C25H17FN8O2/c26-19-8-16(22-5-6-28-33(22)12-15-2-1-14(11-27)7-17(15)13-35)9-23-24(19)31-32-34(23)18-3-4-20-21(10-18)30-25(36)29-20/h1-10,35H,12-13H2,(H2,29,30,36). The van der Waals surface area contributed by atoms with E-state index in [1.54, 1.807) is 59.4 Å². The molecule has 3 aromatic heterocycles. The number of H-pyrrole nitrogens is 2. The second-order valence-corrected chi connectivity index (χ2v) is 8.26. The Hall–Kier alpha value is -5.08. The van der Waals surface area contributed by atoms with Crippen LogP contribution in [0.2, 0.25) is 0 Å². The van der Waals surface area contributed by atoms with Gasteiger partial charge >= 0.3 is 5.69 Å². The first kappa shape index (κ1) is 21.5. The normalized spacial score (nSPS) is 11.4. The molecule has 0 aliphatic rings. The molecular weight excluding hydrogens is 463 g/mol. The molecule has 0 fully saturated rings. The molecule has 10 nitrogen and oxygen atoms in total. The SMILES string of the molecule is N#Cc1ccc(Cn2nccc2-c2cc(F)c3nnn(-c4ccc5[nH]c(=O)[nH]c5c4)c3c2)c(CO)c1. The third kappa shape index (κ3) is 3.53. The van der Waals surface area contributed by atoms with Crippen LogP contribution in [-0.2, 0) is 13.2 Å². The van der Waals surface area contributed by atoms with Crippen LogP contribution in [0, 0.1) is 17.1 Å². The van der Waals surface area contributed by atoms with E-state index in [-0.39, 0.29) is 17.8 Å². The topological polar surface area (TPSA) is 141 Å². The zero-order chi connectivity index (χ0) is 24.8. The number of halogens is 1. The van der Waals surface area contributed by atoms with Crippen molar-refractivity contribution in [1.82, 2.24) is 34.7 Å². The van der Waals surface area contributed by atoms with Crippen LogP contribution in [0.5, 0.6) is 0 Å². The molecule has 0 saturated heterocycles. The molecule has 0 unspecified atom stereocenters. The number of hydrogen-bond donors (Lipinski definition) is 3. The lowest BCUT2D eigenvalue weighted by Gasteiger charge is -2.12. The van der Waals surface area contributed by atoms with E-state index >= 15 is 4.39 Å². The molecule has 3 N–H and O–H groups in total. The van der Waals surface area contributed by atoms with E-state index in [1.165, 1.54) is 10.7 Å². The molecule has 0 atom stereocenters. The third-order valence-electron chi connectivity index (χ3n) is 6.09. The van der Waals surface area contributed by atoms with E-state index in [2.05, 4.69) is 31.4 Å². The summed E-state index contributed by atoms with van der Waals surface area (Å²) in [5.41, 5.74) is 5.19. The largest absolute Gasteiger partial charge is 0.392 e. The van der Waals surface area contributed by atoms with Crippen molar-refractivity contribution in [1.29, 1.82) is 5.26 Å². The smallest absolute Gasteiger partial charge is 0.323 e. The minimum absolute atomic E-state index is 0.113. The number of aliphatic hydroxyl groups is 1. The highest BCUT2D eigenvalue weighted by Gasteiger charge is 2.17. The number of aliphatic hydroxyl groups excluding tert-OH is 1. The summed E-state index contributed by atoms with van der Waals surface area (Å²) in [5, 5.41) is 31.4. The van der Waals surface area contributed by atoms with Gasteiger partial charge in [-0.2, -0.15) is 10.4 Å². The summed E-state index contributed by atoms with van der Waals surface area (Å²) in [6.07, 6.45) is 1.62. The fourth-order valence-corrected chi connectivity index (χ4v) is 4.34. The van der Waals surface area contributed by atoms with Gasteiger partial charge in [0.05, 0.1) is 52.7 Å². The summed E-state index contributed by atoms with van der Waals surface area (Å²) >= 11 is 0. The lowest BCUT2D eigenvalue weighted by atomic mass is 10.0. The third-order valence-corrected chi connectivity index (χ3v) is 6.09. The molecule has 3 aromatic carbocycles. The molecule has 11 heteroatoms. The number of rotatable bonds is 5. The van der Waals surface area contributed by atoms with E-state index in [0.717, 1.165) is 5.56 Å². The Bertz CT molecular complexity index is 1870. The average Bonchev–Trinajstić information content (AvgIpc) is 3.61. The molecule has 0 aliphatic carbocycles. The summed E-state index contributed by atoms with van der Waals surface area (Å²) < 4.78 is 18.3. The van der Waals surface area contributed by atoms with Crippen molar-refractivity contribution < 1.29 is 9.50 Å². The summed E-state index contributed by atoms with van der Waals surface area (Å²) in [4.78, 5) is 17.0. The summed E-state index contributed by atoms with van der Waals surface area (Å²) in [5.74, 6) is -0.535. The van der Waals surface area contributed by atoms with Crippen LogP contribution in [-0.4, -0.2) is 39.8 Å². The van der Waals surface area contributed by atoms with Crippen molar-refractivity contribution >= 4 is 22.1 Å². The maximum absolute atomic E-state index is 15.1. The first-order chi connectivity index (χ1) is 17.5. The number of benzene rings is 3. The van der Waals surface area contributed by atoms with Gasteiger partial charge in [-0.25, -0.2) is 13.9 Å². The van der Waals surface area contributed by atoms with Crippen LogP contribution < -0.4 is 5.69 Å². The van der Waals surface area contributed by atoms with Gasteiger partial charge < -0.3 is 15.1 Å². The van der Waals surface area contributed by atoms with Gasteiger partial charge in [-0.1, -0.05) is 11.3 Å². The maximum Gasteiger partial charge on any atom is 0.323 e. The minimum Gasteiger partial charge on any atom is -0.392 e. The number of aromatic nitrogens is 7. The second kappa shape index (κ2) is 8.30. The first-order valence-corrected chi connectivity index (χ1v) is 11.0. The van der Waals surface area contributed by atoms with Crippen LogP contribution in [0.1, 0.15) is 16.7 Å². The van der Waals surface area contributed by atoms with Crippen molar-refractivity contribution in [2.45, 2.75) is 13.2 Å². The van der Waals surface area contributed by atoms with E-state index in [4.69, 9.17) is 5.26 Å². The second-order valence-electron chi connectivity index (χ2n) is 8.26. The van der Waals surface area contributed by atoms with Crippen LogP contribution in [0.15, 0.2) is 65.6 Å². The molecule has 0 bridgehead atoms. The van der Waals surface area contributed by atoms with Crippen LogP contribution in [0.25, 0.3) is 39.0 Å². The van der Waals surface area contributed by atoms with Gasteiger partial charge in [0.25, 0.3) is 0 Å². The Kier molecular flexibility index (Phi) is 4.94. The lowest BCUT2D eigenvalue weighted by molar-refractivity contribution is 0.280. The van der Waals surface area contributed by atoms with E-state index in [9.17, 15) is 9.90 Å². The molecule has 36 heavy (non-hydrogen) atoms. The Morgan fingerprint density at radius 1 is 1.03 bits per heavy atom. The van der Waals surface area contributed by atoms with Gasteiger partial charge in [-0.3, -0.25) is 4.68 Å². The predicted molar refractivity (Wildman–Crippen MR) is 129 cm³/mol. The van der Waals surface area contributed by atoms with Gasteiger partial charge in [-0.15, -0.1) is 5.10 Å². The van der Waals surface area contributed by atoms with Gasteiger partial charge in [-0.05, 0) is 59.7 Å². The number of hydrogen-bond acceptors (Lipinski definition) is 6. The molecule has 6 aromatic rings. The van der Waals surface area contributed by atoms with Crippen molar-refractivity contribution in [3.8, 4) is 23.0 Å². The molecular formula is C25H17FN8O2. The molecule has 0 amide bonds. The zero-order valence-electron chi connectivity index (χ0n) is 18.6. The fraction of sp³-hybridized carbons (Fsp3) is 0.0800. The Balaban J connectivity index is 1.44. The highest BCUT2D eigenvalue weighted by molar-refractivity contribution is 5.84. The lowest BCUT2D eigenvalue weighted by Crippen LogP contribution is -2.07. The van der Waals surface area contributed by atoms with Crippen molar-refractivity contribution in [3.63, 3.8) is 0 Å². The summed E-state index contributed by atoms with van der Waals surface area (Å²) in [6.45, 7) is 0.0995. The molecule has 6 rings (SSSR count). The number of aromatic amines is 2. The number of imidazole rings is 1. The zero-order valence-corrected chi connectivity index (χ0v) is 18.6. The Morgan fingerprint density at radius 2 is 1.89 bits per heavy atom. The van der Waals surface area contributed by atoms with Crippen LogP contribution in [0.4, 0.5) is 4.39 Å². The average molecular weight is 480 g/mol. The number of nitriles is 1. The number of fused-ring (bicyclic) bond motifs is 2. The number of nitrogens with one attached hydrogen (secondary N) is 2. The molecule has 0 saturated carbocycles.